The molecule has 1 spiro atoms. The third-order valence-corrected chi connectivity index (χ3v) is 9.91. The minimum atomic E-state index is 0.256. The molecule has 4 heterocycles. The van der Waals surface area contributed by atoms with Gasteiger partial charge in [0.15, 0.2) is 0 Å². The van der Waals surface area contributed by atoms with Gasteiger partial charge in [-0.3, -0.25) is 4.90 Å². The van der Waals surface area contributed by atoms with Crippen molar-refractivity contribution in [1.29, 1.82) is 0 Å². The first kappa shape index (κ1) is 17.8. The second-order valence-electron chi connectivity index (χ2n) is 11.1. The minimum Gasteiger partial charge on any atom is -0.456 e. The molecule has 5 aliphatic rings. The van der Waals surface area contributed by atoms with Gasteiger partial charge in [0.1, 0.15) is 11.2 Å². The van der Waals surface area contributed by atoms with Crippen molar-refractivity contribution in [3.63, 3.8) is 0 Å². The average molecular weight is 400 g/mol. The van der Waals surface area contributed by atoms with Crippen LogP contribution in [0.5, 0.6) is 0 Å². The first-order chi connectivity index (χ1) is 14.6. The molecule has 3 saturated heterocycles. The Morgan fingerprint density at radius 2 is 1.80 bits per heavy atom. The SMILES string of the molecule is Cc1ccc2c(oc3ccccc32)c1C12CC3CC(C1)C1(CCCCC1)N(C3)C2C. The monoisotopic (exact) mass is 399 g/mol. The van der Waals surface area contributed by atoms with Crippen LogP contribution in [-0.2, 0) is 5.41 Å². The molecule has 2 nitrogen and oxygen atoms in total. The first-order valence-electron chi connectivity index (χ1n) is 12.3. The molecular formula is C28H33NO. The van der Waals surface area contributed by atoms with Crippen LogP contribution < -0.4 is 0 Å². The molecule has 3 aliphatic heterocycles. The predicted molar refractivity (Wildman–Crippen MR) is 123 cm³/mol. The van der Waals surface area contributed by atoms with Crippen molar-refractivity contribution in [2.45, 2.75) is 82.2 Å². The van der Waals surface area contributed by atoms with Crippen molar-refractivity contribution >= 4 is 21.9 Å². The van der Waals surface area contributed by atoms with Gasteiger partial charge < -0.3 is 4.42 Å². The van der Waals surface area contributed by atoms with E-state index in [2.05, 4.69) is 55.1 Å². The Bertz CT molecular complexity index is 1150. The highest BCUT2D eigenvalue weighted by Crippen LogP contribution is 2.64. The number of rotatable bonds is 1. The molecule has 5 unspecified atom stereocenters. The van der Waals surface area contributed by atoms with Crippen LogP contribution in [0, 0.1) is 18.8 Å². The molecule has 5 fully saturated rings. The number of hydrogen-bond acceptors (Lipinski definition) is 2. The molecule has 2 saturated carbocycles. The summed E-state index contributed by atoms with van der Waals surface area (Å²) in [4.78, 5) is 3.03. The van der Waals surface area contributed by atoms with Crippen LogP contribution in [0.15, 0.2) is 40.8 Å². The molecule has 0 amide bonds. The van der Waals surface area contributed by atoms with Crippen molar-refractivity contribution < 1.29 is 4.42 Å². The smallest absolute Gasteiger partial charge is 0.139 e. The molecule has 0 radical (unpaired) electrons. The summed E-state index contributed by atoms with van der Waals surface area (Å²) in [5.74, 6) is 1.74. The van der Waals surface area contributed by atoms with E-state index in [0.29, 0.717) is 11.6 Å². The zero-order valence-corrected chi connectivity index (χ0v) is 18.4. The number of hydrogen-bond donors (Lipinski definition) is 0. The lowest BCUT2D eigenvalue weighted by Gasteiger charge is -2.71. The van der Waals surface area contributed by atoms with Gasteiger partial charge in [0, 0.05) is 39.9 Å². The Hall–Kier alpha value is -1.80. The Balaban J connectivity index is 1.45. The molecule has 0 N–H and O–H groups in total. The number of para-hydroxylation sites is 1. The van der Waals surface area contributed by atoms with Crippen molar-refractivity contribution in [1.82, 2.24) is 4.90 Å². The maximum atomic E-state index is 6.62. The van der Waals surface area contributed by atoms with Gasteiger partial charge in [0.05, 0.1) is 0 Å². The van der Waals surface area contributed by atoms with Crippen LogP contribution in [0.2, 0.25) is 0 Å². The van der Waals surface area contributed by atoms with Crippen molar-refractivity contribution in [2.75, 3.05) is 6.54 Å². The summed E-state index contributed by atoms with van der Waals surface area (Å²) in [7, 11) is 0. The topological polar surface area (TPSA) is 16.4 Å². The summed E-state index contributed by atoms with van der Waals surface area (Å²) >= 11 is 0. The number of benzene rings is 2. The van der Waals surface area contributed by atoms with Crippen LogP contribution in [0.4, 0.5) is 0 Å². The summed E-state index contributed by atoms with van der Waals surface area (Å²) in [6.07, 6.45) is 11.4. The second kappa shape index (κ2) is 5.91. The van der Waals surface area contributed by atoms with Crippen LogP contribution in [-0.4, -0.2) is 23.0 Å². The van der Waals surface area contributed by atoms with E-state index in [1.165, 1.54) is 79.8 Å². The molecule has 30 heavy (non-hydrogen) atoms. The van der Waals surface area contributed by atoms with E-state index in [9.17, 15) is 0 Å². The molecule has 4 bridgehead atoms. The van der Waals surface area contributed by atoms with E-state index >= 15 is 0 Å². The summed E-state index contributed by atoms with van der Waals surface area (Å²) in [6.45, 7) is 6.24. The molecule has 8 rings (SSSR count). The summed E-state index contributed by atoms with van der Waals surface area (Å²) in [5.41, 5.74) is 5.98. The predicted octanol–water partition coefficient (Wildman–Crippen LogP) is 6.97. The Morgan fingerprint density at radius 1 is 0.967 bits per heavy atom. The van der Waals surface area contributed by atoms with Crippen molar-refractivity contribution in [3.8, 4) is 0 Å². The second-order valence-corrected chi connectivity index (χ2v) is 11.1. The molecule has 5 atom stereocenters. The van der Waals surface area contributed by atoms with Gasteiger partial charge in [0.25, 0.3) is 0 Å². The highest BCUT2D eigenvalue weighted by molar-refractivity contribution is 6.06. The Morgan fingerprint density at radius 3 is 2.67 bits per heavy atom. The van der Waals surface area contributed by atoms with Gasteiger partial charge in [-0.15, -0.1) is 0 Å². The zero-order chi connectivity index (χ0) is 20.1. The van der Waals surface area contributed by atoms with Gasteiger partial charge in [-0.2, -0.15) is 0 Å². The van der Waals surface area contributed by atoms with Gasteiger partial charge in [-0.05, 0) is 69.4 Å². The third kappa shape index (κ3) is 2.04. The normalized spacial score (nSPS) is 36.9. The molecule has 2 aliphatic carbocycles. The van der Waals surface area contributed by atoms with E-state index in [4.69, 9.17) is 4.42 Å². The first-order valence-corrected chi connectivity index (χ1v) is 12.3. The molecular weight excluding hydrogens is 366 g/mol. The van der Waals surface area contributed by atoms with E-state index < -0.39 is 0 Å². The van der Waals surface area contributed by atoms with Gasteiger partial charge in [-0.1, -0.05) is 49.6 Å². The molecule has 1 aromatic heterocycles. The lowest BCUT2D eigenvalue weighted by atomic mass is 9.46. The fourth-order valence-electron chi connectivity index (χ4n) is 8.81. The zero-order valence-electron chi connectivity index (χ0n) is 18.4. The van der Waals surface area contributed by atoms with E-state index in [-0.39, 0.29) is 5.41 Å². The maximum absolute atomic E-state index is 6.62. The van der Waals surface area contributed by atoms with Crippen LogP contribution in [0.1, 0.15) is 69.4 Å². The Kier molecular flexibility index (Phi) is 3.51. The summed E-state index contributed by atoms with van der Waals surface area (Å²) in [6, 6.07) is 13.9. The third-order valence-electron chi connectivity index (χ3n) is 9.91. The van der Waals surface area contributed by atoms with Crippen molar-refractivity contribution in [2.24, 2.45) is 11.8 Å². The summed E-state index contributed by atoms with van der Waals surface area (Å²) in [5, 5.41) is 2.59. The molecule has 2 aromatic carbocycles. The van der Waals surface area contributed by atoms with Gasteiger partial charge >= 0.3 is 0 Å². The lowest BCUT2D eigenvalue weighted by molar-refractivity contribution is -0.182. The van der Waals surface area contributed by atoms with E-state index in [1.807, 2.05) is 0 Å². The number of aryl methyl sites for hydroxylation is 1. The van der Waals surface area contributed by atoms with E-state index in [1.54, 1.807) is 5.56 Å². The van der Waals surface area contributed by atoms with Crippen LogP contribution in [0.3, 0.4) is 0 Å². The highest BCUT2D eigenvalue weighted by Gasteiger charge is 2.65. The maximum Gasteiger partial charge on any atom is 0.139 e. The molecule has 3 aromatic rings. The van der Waals surface area contributed by atoms with Gasteiger partial charge in [0.2, 0.25) is 0 Å². The van der Waals surface area contributed by atoms with E-state index in [0.717, 1.165) is 17.4 Å². The minimum absolute atomic E-state index is 0.256. The Labute approximate surface area is 179 Å². The number of piperidine rings is 3. The van der Waals surface area contributed by atoms with Crippen LogP contribution in [0.25, 0.3) is 21.9 Å². The fraction of sp³-hybridized carbons (Fsp3) is 0.571. The quantitative estimate of drug-likeness (QED) is 0.439. The van der Waals surface area contributed by atoms with Crippen LogP contribution >= 0.6 is 0 Å². The standard InChI is InChI=1S/C28H33NO/c1-18-10-11-23-22-8-4-5-9-24(22)30-26(23)25(18)27-15-20-14-21(16-27)28(12-6-3-7-13-28)29(17-20)19(27)2/h4-5,8-11,19-21H,3,6-7,12-17H2,1-2H3. The average Bonchev–Trinajstić information content (AvgIpc) is 3.13. The summed E-state index contributed by atoms with van der Waals surface area (Å²) < 4.78 is 6.62. The van der Waals surface area contributed by atoms with Crippen molar-refractivity contribution in [3.05, 3.63) is 47.5 Å². The number of nitrogens with zero attached hydrogens (tertiary/aromatic N) is 1. The largest absolute Gasteiger partial charge is 0.456 e. The number of furan rings is 1. The molecule has 2 heteroatoms. The molecule has 156 valence electrons. The fourth-order valence-corrected chi connectivity index (χ4v) is 8.81. The number of fused-ring (bicyclic) bond motifs is 3. The van der Waals surface area contributed by atoms with Gasteiger partial charge in [-0.25, -0.2) is 0 Å². The lowest BCUT2D eigenvalue weighted by Crippen LogP contribution is -2.75. The highest BCUT2D eigenvalue weighted by atomic mass is 16.3.